The van der Waals surface area contributed by atoms with Gasteiger partial charge in [0.1, 0.15) is 0 Å². The number of hydrogen-bond donors (Lipinski definition) is 2. The van der Waals surface area contributed by atoms with Crippen LogP contribution < -0.4 is 11.1 Å². The molecule has 0 saturated carbocycles. The zero-order chi connectivity index (χ0) is 9.47. The molecule has 0 aromatic heterocycles. The topological polar surface area (TPSA) is 58.4 Å². The summed E-state index contributed by atoms with van der Waals surface area (Å²) in [5, 5.41) is 3.33. The molecule has 2 aliphatic heterocycles. The molecule has 0 radical (unpaired) electrons. The SMILES string of the molecule is CC(=O)N1CCC2(N)CC(CN2)C1. The van der Waals surface area contributed by atoms with E-state index in [9.17, 15) is 4.79 Å². The van der Waals surface area contributed by atoms with Gasteiger partial charge in [-0.25, -0.2) is 0 Å². The fourth-order valence-corrected chi connectivity index (χ4v) is 2.35. The van der Waals surface area contributed by atoms with Crippen molar-refractivity contribution in [2.45, 2.75) is 25.4 Å². The molecule has 2 atom stereocenters. The summed E-state index contributed by atoms with van der Waals surface area (Å²) in [6.45, 7) is 4.27. The molecular formula is C9H17N3O. The smallest absolute Gasteiger partial charge is 0.219 e. The fraction of sp³-hybridized carbons (Fsp3) is 0.889. The highest BCUT2D eigenvalue weighted by molar-refractivity contribution is 5.73. The molecule has 0 spiro atoms. The van der Waals surface area contributed by atoms with E-state index < -0.39 is 0 Å². The lowest BCUT2D eigenvalue weighted by Crippen LogP contribution is -2.51. The first-order valence-corrected chi connectivity index (χ1v) is 4.88. The van der Waals surface area contributed by atoms with Crippen LogP contribution >= 0.6 is 0 Å². The standard InChI is InChI=1S/C9H17N3O/c1-7(13)12-3-2-9(10)4-8(6-12)5-11-9/h8,11H,2-6,10H2,1H3. The van der Waals surface area contributed by atoms with E-state index in [1.54, 1.807) is 6.92 Å². The summed E-state index contributed by atoms with van der Waals surface area (Å²) in [5.74, 6) is 0.729. The molecule has 2 unspecified atom stereocenters. The molecule has 2 aliphatic rings. The number of hydrogen-bond acceptors (Lipinski definition) is 3. The van der Waals surface area contributed by atoms with Crippen molar-refractivity contribution in [2.24, 2.45) is 11.7 Å². The van der Waals surface area contributed by atoms with E-state index in [1.165, 1.54) is 0 Å². The third kappa shape index (κ3) is 1.69. The van der Waals surface area contributed by atoms with Gasteiger partial charge in [0.15, 0.2) is 0 Å². The molecule has 0 aromatic rings. The summed E-state index contributed by atoms with van der Waals surface area (Å²) in [6, 6.07) is 0. The lowest BCUT2D eigenvalue weighted by molar-refractivity contribution is -0.129. The van der Waals surface area contributed by atoms with Gasteiger partial charge in [-0.2, -0.15) is 0 Å². The average molecular weight is 183 g/mol. The quantitative estimate of drug-likeness (QED) is 0.532. The van der Waals surface area contributed by atoms with Crippen LogP contribution in [0.15, 0.2) is 0 Å². The van der Waals surface area contributed by atoms with Gasteiger partial charge < -0.3 is 10.6 Å². The highest BCUT2D eigenvalue weighted by atomic mass is 16.2. The van der Waals surface area contributed by atoms with E-state index in [-0.39, 0.29) is 11.6 Å². The minimum absolute atomic E-state index is 0.177. The number of fused-ring (bicyclic) bond motifs is 2. The Morgan fingerprint density at radius 3 is 3.15 bits per heavy atom. The summed E-state index contributed by atoms with van der Waals surface area (Å²) in [5.41, 5.74) is 5.91. The molecule has 74 valence electrons. The van der Waals surface area contributed by atoms with E-state index >= 15 is 0 Å². The van der Waals surface area contributed by atoms with Gasteiger partial charge in [-0.1, -0.05) is 0 Å². The summed E-state index contributed by atoms with van der Waals surface area (Å²) in [6.07, 6.45) is 1.89. The monoisotopic (exact) mass is 183 g/mol. The van der Waals surface area contributed by atoms with E-state index in [4.69, 9.17) is 5.73 Å². The minimum atomic E-state index is -0.200. The zero-order valence-corrected chi connectivity index (χ0v) is 8.05. The number of amides is 1. The van der Waals surface area contributed by atoms with Crippen molar-refractivity contribution in [1.29, 1.82) is 0 Å². The first kappa shape index (κ1) is 8.97. The van der Waals surface area contributed by atoms with Crippen LogP contribution in [0.25, 0.3) is 0 Å². The Labute approximate surface area is 78.5 Å². The van der Waals surface area contributed by atoms with Crippen LogP contribution in [0.5, 0.6) is 0 Å². The Morgan fingerprint density at radius 2 is 2.46 bits per heavy atom. The summed E-state index contributed by atoms with van der Waals surface area (Å²) < 4.78 is 0. The summed E-state index contributed by atoms with van der Waals surface area (Å²) in [4.78, 5) is 13.1. The third-order valence-corrected chi connectivity index (χ3v) is 3.15. The molecule has 1 amide bonds. The highest BCUT2D eigenvalue weighted by Crippen LogP contribution is 2.27. The molecule has 2 heterocycles. The highest BCUT2D eigenvalue weighted by Gasteiger charge is 2.39. The van der Waals surface area contributed by atoms with Crippen LogP contribution in [0.2, 0.25) is 0 Å². The number of nitrogens with two attached hydrogens (primary N) is 1. The Morgan fingerprint density at radius 1 is 1.69 bits per heavy atom. The first-order valence-electron chi connectivity index (χ1n) is 4.88. The van der Waals surface area contributed by atoms with E-state index in [0.717, 1.165) is 32.5 Å². The van der Waals surface area contributed by atoms with E-state index in [2.05, 4.69) is 5.32 Å². The summed E-state index contributed by atoms with van der Waals surface area (Å²) >= 11 is 0. The number of nitrogens with zero attached hydrogens (tertiary/aromatic N) is 1. The van der Waals surface area contributed by atoms with Gasteiger partial charge in [-0.05, 0) is 18.8 Å². The molecule has 3 N–H and O–H groups in total. The molecule has 4 nitrogen and oxygen atoms in total. The van der Waals surface area contributed by atoms with Crippen LogP contribution in [-0.2, 0) is 4.79 Å². The Kier molecular flexibility index (Phi) is 2.04. The number of rotatable bonds is 0. The lowest BCUT2D eigenvalue weighted by atomic mass is 10.0. The molecule has 13 heavy (non-hydrogen) atoms. The van der Waals surface area contributed by atoms with Crippen LogP contribution in [0.4, 0.5) is 0 Å². The largest absolute Gasteiger partial charge is 0.342 e. The average Bonchev–Trinajstić information content (AvgIpc) is 2.29. The second-order valence-electron chi connectivity index (χ2n) is 4.32. The maximum absolute atomic E-state index is 11.2. The van der Waals surface area contributed by atoms with Crippen molar-refractivity contribution < 1.29 is 4.79 Å². The van der Waals surface area contributed by atoms with Gasteiger partial charge in [0.2, 0.25) is 5.91 Å². The van der Waals surface area contributed by atoms with Crippen molar-refractivity contribution in [2.75, 3.05) is 19.6 Å². The maximum atomic E-state index is 11.2. The zero-order valence-electron chi connectivity index (χ0n) is 8.05. The normalized spacial score (nSPS) is 38.9. The number of likely N-dealkylation sites (tertiary alicyclic amines) is 1. The van der Waals surface area contributed by atoms with Crippen LogP contribution in [-0.4, -0.2) is 36.1 Å². The second kappa shape index (κ2) is 2.96. The second-order valence-corrected chi connectivity index (χ2v) is 4.32. The predicted octanol–water partition coefficient (Wildman–Crippen LogP) is -0.497. The van der Waals surface area contributed by atoms with E-state index in [1.807, 2.05) is 4.90 Å². The number of nitrogens with one attached hydrogen (secondary N) is 1. The fourth-order valence-electron chi connectivity index (χ4n) is 2.35. The molecule has 2 bridgehead atoms. The van der Waals surface area contributed by atoms with E-state index in [0.29, 0.717) is 5.92 Å². The summed E-state index contributed by atoms with van der Waals surface area (Å²) in [7, 11) is 0. The molecule has 0 aliphatic carbocycles. The number of carbonyl (C=O) groups is 1. The molecule has 2 rings (SSSR count). The predicted molar refractivity (Wildman–Crippen MR) is 49.9 cm³/mol. The Hall–Kier alpha value is -0.610. The van der Waals surface area contributed by atoms with Crippen molar-refractivity contribution in [3.8, 4) is 0 Å². The van der Waals surface area contributed by atoms with Gasteiger partial charge in [0.05, 0.1) is 5.66 Å². The van der Waals surface area contributed by atoms with Gasteiger partial charge in [0, 0.05) is 26.6 Å². The molecule has 4 heteroatoms. The van der Waals surface area contributed by atoms with Gasteiger partial charge in [-0.3, -0.25) is 10.1 Å². The van der Waals surface area contributed by atoms with Crippen LogP contribution in [0.1, 0.15) is 19.8 Å². The number of carbonyl (C=O) groups excluding carboxylic acids is 1. The van der Waals surface area contributed by atoms with Crippen molar-refractivity contribution >= 4 is 5.91 Å². The van der Waals surface area contributed by atoms with Gasteiger partial charge in [-0.15, -0.1) is 0 Å². The molecule has 2 saturated heterocycles. The van der Waals surface area contributed by atoms with Crippen molar-refractivity contribution in [3.63, 3.8) is 0 Å². The first-order chi connectivity index (χ1) is 6.09. The molecule has 2 fully saturated rings. The lowest BCUT2D eigenvalue weighted by Gasteiger charge is -2.27. The molecule has 0 aromatic carbocycles. The van der Waals surface area contributed by atoms with Gasteiger partial charge >= 0.3 is 0 Å². The maximum Gasteiger partial charge on any atom is 0.219 e. The van der Waals surface area contributed by atoms with Crippen molar-refractivity contribution in [1.82, 2.24) is 10.2 Å². The third-order valence-electron chi connectivity index (χ3n) is 3.15. The van der Waals surface area contributed by atoms with Crippen LogP contribution in [0, 0.1) is 5.92 Å². The minimum Gasteiger partial charge on any atom is -0.342 e. The van der Waals surface area contributed by atoms with Gasteiger partial charge in [0.25, 0.3) is 0 Å². The Bertz CT molecular complexity index is 231. The van der Waals surface area contributed by atoms with Crippen molar-refractivity contribution in [3.05, 3.63) is 0 Å². The molecular weight excluding hydrogens is 166 g/mol. The Balaban J connectivity index is 2.07. The van der Waals surface area contributed by atoms with Crippen LogP contribution in [0.3, 0.4) is 0 Å².